The third kappa shape index (κ3) is 6.50. The number of rotatable bonds is 5. The van der Waals surface area contributed by atoms with Gasteiger partial charge in [0.1, 0.15) is 0 Å². The first-order chi connectivity index (χ1) is 5.87. The molecule has 0 fully saturated rings. The van der Waals surface area contributed by atoms with Crippen LogP contribution < -0.4 is 16.2 Å². The van der Waals surface area contributed by atoms with Gasteiger partial charge >= 0.3 is 0 Å². The first-order valence-electron chi connectivity index (χ1n) is 3.90. The molecule has 0 rings (SSSR count). The molecule has 0 unspecified atom stereocenters. The Balaban J connectivity index is 3.72. The van der Waals surface area contributed by atoms with Crippen molar-refractivity contribution in [3.63, 3.8) is 0 Å². The molecular formula is C6H15N3O3S. The lowest BCUT2D eigenvalue weighted by atomic mass is 10.2. The van der Waals surface area contributed by atoms with Gasteiger partial charge in [0.05, 0.1) is 11.8 Å². The predicted octanol–water partition coefficient (Wildman–Crippen LogP) is -1.87. The van der Waals surface area contributed by atoms with Crippen molar-refractivity contribution in [2.45, 2.75) is 19.4 Å². The zero-order valence-corrected chi connectivity index (χ0v) is 8.30. The van der Waals surface area contributed by atoms with Gasteiger partial charge in [-0.1, -0.05) is 6.92 Å². The van der Waals surface area contributed by atoms with Crippen molar-refractivity contribution in [3.05, 3.63) is 0 Å². The smallest absolute Gasteiger partial charge is 0.236 e. The minimum atomic E-state index is -3.51. The lowest BCUT2D eigenvalue weighted by molar-refractivity contribution is -0.122. The summed E-state index contributed by atoms with van der Waals surface area (Å²) in [6.45, 7) is 1.77. The van der Waals surface area contributed by atoms with Crippen molar-refractivity contribution in [2.75, 3.05) is 12.3 Å². The molecule has 0 aliphatic carbocycles. The van der Waals surface area contributed by atoms with Crippen molar-refractivity contribution >= 4 is 15.9 Å². The second kappa shape index (κ2) is 5.15. The number of sulfonamides is 1. The molecule has 0 saturated carbocycles. The molecule has 0 aliphatic heterocycles. The van der Waals surface area contributed by atoms with Gasteiger partial charge in [-0.2, -0.15) is 0 Å². The van der Waals surface area contributed by atoms with Crippen LogP contribution in [-0.4, -0.2) is 32.7 Å². The highest BCUT2D eigenvalue weighted by Crippen LogP contribution is 1.85. The average Bonchev–Trinajstić information content (AvgIpc) is 2.00. The van der Waals surface area contributed by atoms with Gasteiger partial charge in [0.2, 0.25) is 15.9 Å². The zero-order chi connectivity index (χ0) is 10.5. The second-order valence-corrected chi connectivity index (χ2v) is 4.41. The highest BCUT2D eigenvalue weighted by Gasteiger charge is 2.10. The van der Waals surface area contributed by atoms with Crippen LogP contribution in [0, 0.1) is 0 Å². The summed E-state index contributed by atoms with van der Waals surface area (Å²) in [5.41, 5.74) is 5.37. The molecule has 0 saturated heterocycles. The lowest BCUT2D eigenvalue weighted by Gasteiger charge is -2.08. The molecule has 78 valence electrons. The maximum Gasteiger partial charge on any atom is 0.236 e. The molecule has 0 heterocycles. The van der Waals surface area contributed by atoms with E-state index < -0.39 is 16.1 Å². The first kappa shape index (κ1) is 12.3. The van der Waals surface area contributed by atoms with E-state index in [-0.39, 0.29) is 18.2 Å². The number of carbonyl (C=O) groups is 1. The summed E-state index contributed by atoms with van der Waals surface area (Å²) in [5.74, 6) is -0.624. The lowest BCUT2D eigenvalue weighted by Crippen LogP contribution is -2.42. The fourth-order valence-electron chi connectivity index (χ4n) is 0.633. The minimum absolute atomic E-state index is 0.00532. The van der Waals surface area contributed by atoms with Gasteiger partial charge in [0.15, 0.2) is 0 Å². The van der Waals surface area contributed by atoms with Crippen LogP contribution in [0.15, 0.2) is 0 Å². The maximum atomic E-state index is 11.0. The molecule has 0 aromatic carbocycles. The Morgan fingerprint density at radius 1 is 1.54 bits per heavy atom. The van der Waals surface area contributed by atoms with Crippen molar-refractivity contribution in [3.8, 4) is 0 Å². The van der Waals surface area contributed by atoms with Crippen LogP contribution >= 0.6 is 0 Å². The summed E-state index contributed by atoms with van der Waals surface area (Å²) in [5, 5.41) is 7.09. The van der Waals surface area contributed by atoms with Crippen LogP contribution in [0.25, 0.3) is 0 Å². The molecule has 0 radical (unpaired) electrons. The van der Waals surface area contributed by atoms with E-state index in [1.807, 2.05) is 0 Å². The molecule has 13 heavy (non-hydrogen) atoms. The topological polar surface area (TPSA) is 115 Å². The molecule has 7 heteroatoms. The van der Waals surface area contributed by atoms with Crippen molar-refractivity contribution in [1.82, 2.24) is 5.32 Å². The quantitative estimate of drug-likeness (QED) is 0.492. The number of hydrogen-bond donors (Lipinski definition) is 3. The van der Waals surface area contributed by atoms with E-state index in [1.165, 1.54) is 0 Å². The highest BCUT2D eigenvalue weighted by atomic mass is 32.2. The molecule has 1 amide bonds. The molecule has 0 bridgehead atoms. The van der Waals surface area contributed by atoms with Gasteiger partial charge in [0.25, 0.3) is 0 Å². The van der Waals surface area contributed by atoms with Crippen LogP contribution in [-0.2, 0) is 14.8 Å². The van der Waals surface area contributed by atoms with Crippen LogP contribution in [0.5, 0.6) is 0 Å². The Morgan fingerprint density at radius 2 is 2.08 bits per heavy atom. The molecule has 0 aromatic rings. The van der Waals surface area contributed by atoms with E-state index in [2.05, 4.69) is 5.32 Å². The third-order valence-corrected chi connectivity index (χ3v) is 2.24. The Bertz CT molecular complexity index is 262. The van der Waals surface area contributed by atoms with E-state index in [1.54, 1.807) is 6.92 Å². The standard InChI is InChI=1S/C6H15N3O3S/c1-2-5(7)6(10)9-3-4-13(8,11)12/h5H,2-4,7H2,1H3,(H,9,10)(H2,8,11,12)/t5-/m1/s1. The fourth-order valence-corrected chi connectivity index (χ4v) is 1.02. The molecule has 6 nitrogen and oxygen atoms in total. The molecule has 1 atom stereocenters. The maximum absolute atomic E-state index is 11.0. The zero-order valence-electron chi connectivity index (χ0n) is 7.49. The predicted molar refractivity (Wildman–Crippen MR) is 49.3 cm³/mol. The number of hydrogen-bond acceptors (Lipinski definition) is 4. The Kier molecular flexibility index (Phi) is 4.89. The average molecular weight is 209 g/mol. The Morgan fingerprint density at radius 3 is 2.46 bits per heavy atom. The first-order valence-corrected chi connectivity index (χ1v) is 5.62. The third-order valence-electron chi connectivity index (χ3n) is 1.46. The van der Waals surface area contributed by atoms with Gasteiger partial charge < -0.3 is 11.1 Å². The van der Waals surface area contributed by atoms with E-state index >= 15 is 0 Å². The van der Waals surface area contributed by atoms with E-state index in [9.17, 15) is 13.2 Å². The summed E-state index contributed by atoms with van der Waals surface area (Å²) in [6.07, 6.45) is 0.515. The molecule has 5 N–H and O–H groups in total. The summed E-state index contributed by atoms with van der Waals surface area (Å²) in [4.78, 5) is 11.0. The Labute approximate surface area is 77.7 Å². The van der Waals surface area contributed by atoms with Gasteiger partial charge in [-0.3, -0.25) is 4.79 Å². The van der Waals surface area contributed by atoms with Crippen molar-refractivity contribution in [2.24, 2.45) is 10.9 Å². The van der Waals surface area contributed by atoms with Crippen LogP contribution in [0.3, 0.4) is 0 Å². The largest absolute Gasteiger partial charge is 0.354 e. The summed E-state index contributed by atoms with van der Waals surface area (Å²) in [6, 6.07) is -0.583. The monoisotopic (exact) mass is 209 g/mol. The SMILES string of the molecule is CC[C@@H](N)C(=O)NCCS(N)(=O)=O. The number of nitrogens with two attached hydrogens (primary N) is 2. The molecular weight excluding hydrogens is 194 g/mol. The van der Waals surface area contributed by atoms with E-state index in [0.29, 0.717) is 6.42 Å². The summed E-state index contributed by atoms with van der Waals surface area (Å²) in [7, 11) is -3.51. The van der Waals surface area contributed by atoms with Crippen LogP contribution in [0.4, 0.5) is 0 Å². The normalized spacial score (nSPS) is 13.8. The molecule has 0 spiro atoms. The van der Waals surface area contributed by atoms with E-state index in [4.69, 9.17) is 10.9 Å². The van der Waals surface area contributed by atoms with Crippen molar-refractivity contribution in [1.29, 1.82) is 0 Å². The fraction of sp³-hybridized carbons (Fsp3) is 0.833. The van der Waals surface area contributed by atoms with Crippen LogP contribution in [0.1, 0.15) is 13.3 Å². The van der Waals surface area contributed by atoms with Gasteiger partial charge in [-0.25, -0.2) is 13.6 Å². The number of carbonyl (C=O) groups excluding carboxylic acids is 1. The summed E-state index contributed by atoms with van der Waals surface area (Å²) < 4.78 is 20.9. The second-order valence-electron chi connectivity index (χ2n) is 2.67. The van der Waals surface area contributed by atoms with E-state index in [0.717, 1.165) is 0 Å². The van der Waals surface area contributed by atoms with Gasteiger partial charge in [0, 0.05) is 6.54 Å². The number of amides is 1. The molecule has 0 aromatic heterocycles. The minimum Gasteiger partial charge on any atom is -0.354 e. The number of nitrogens with one attached hydrogen (secondary N) is 1. The van der Waals surface area contributed by atoms with Crippen molar-refractivity contribution < 1.29 is 13.2 Å². The summed E-state index contributed by atoms with van der Waals surface area (Å²) >= 11 is 0. The molecule has 0 aliphatic rings. The number of primary sulfonamides is 1. The van der Waals surface area contributed by atoms with Crippen LogP contribution in [0.2, 0.25) is 0 Å². The van der Waals surface area contributed by atoms with Gasteiger partial charge in [-0.15, -0.1) is 0 Å². The highest BCUT2D eigenvalue weighted by molar-refractivity contribution is 7.89. The van der Waals surface area contributed by atoms with Gasteiger partial charge in [-0.05, 0) is 6.42 Å². The Hall–Kier alpha value is -0.660.